The van der Waals surface area contributed by atoms with Crippen LogP contribution in [0.4, 0.5) is 0 Å². The number of carbonyl (C=O) groups excluding carboxylic acids is 1. The molecule has 1 N–H and O–H groups in total. The molecule has 0 aliphatic carbocycles. The molecular formula is C25H29N3O5. The van der Waals surface area contributed by atoms with Crippen LogP contribution in [0.25, 0.3) is 0 Å². The van der Waals surface area contributed by atoms with Crippen LogP contribution in [0.1, 0.15) is 48.4 Å². The first-order chi connectivity index (χ1) is 16.0. The molecule has 1 saturated heterocycles. The monoisotopic (exact) mass is 451 g/mol. The second kappa shape index (κ2) is 10.0. The normalized spacial score (nSPS) is 15.9. The zero-order valence-electron chi connectivity index (χ0n) is 18.9. The molecule has 1 aliphatic rings. The zero-order valence-corrected chi connectivity index (χ0v) is 18.9. The second-order valence-corrected chi connectivity index (χ2v) is 8.31. The number of ether oxygens (including phenoxy) is 1. The first kappa shape index (κ1) is 22.8. The van der Waals surface area contributed by atoms with Crippen molar-refractivity contribution in [2.24, 2.45) is 5.92 Å². The Labute approximate surface area is 192 Å². The van der Waals surface area contributed by atoms with E-state index in [4.69, 9.17) is 9.15 Å². The largest absolute Gasteiger partial charge is 0.507 e. The fourth-order valence-electron chi connectivity index (χ4n) is 4.53. The molecule has 1 aliphatic heterocycles. The van der Waals surface area contributed by atoms with Crippen LogP contribution in [0.3, 0.4) is 0 Å². The van der Waals surface area contributed by atoms with Gasteiger partial charge in [-0.25, -0.2) is 0 Å². The number of rotatable bonds is 7. The third kappa shape index (κ3) is 4.85. The number of carbonyl (C=O) groups is 1. The topological polar surface area (TPSA) is 97.8 Å². The third-order valence-electron chi connectivity index (χ3n) is 6.21. The van der Waals surface area contributed by atoms with Gasteiger partial charge < -0.3 is 18.8 Å². The minimum atomic E-state index is -0.488. The summed E-state index contributed by atoms with van der Waals surface area (Å²) in [5.41, 5.74) is 1.48. The van der Waals surface area contributed by atoms with Gasteiger partial charge in [-0.2, -0.15) is 0 Å². The summed E-state index contributed by atoms with van der Waals surface area (Å²) < 4.78 is 12.3. The van der Waals surface area contributed by atoms with Gasteiger partial charge >= 0.3 is 5.97 Å². The van der Waals surface area contributed by atoms with E-state index >= 15 is 0 Å². The fraction of sp³-hybridized carbons (Fsp3) is 0.400. The Balaban J connectivity index is 1.72. The summed E-state index contributed by atoms with van der Waals surface area (Å²) in [6.07, 6.45) is 6.23. The number of hydrogen-bond acceptors (Lipinski definition) is 7. The van der Waals surface area contributed by atoms with E-state index in [1.807, 2.05) is 18.2 Å². The summed E-state index contributed by atoms with van der Waals surface area (Å²) >= 11 is 0. The van der Waals surface area contributed by atoms with E-state index in [2.05, 4.69) is 9.88 Å². The van der Waals surface area contributed by atoms with Crippen molar-refractivity contribution in [3.63, 3.8) is 0 Å². The van der Waals surface area contributed by atoms with Crippen LogP contribution in [0.15, 0.2) is 58.2 Å². The van der Waals surface area contributed by atoms with Crippen LogP contribution in [-0.4, -0.2) is 45.2 Å². The predicted molar refractivity (Wildman–Crippen MR) is 122 cm³/mol. The molecule has 0 unspecified atom stereocenters. The van der Waals surface area contributed by atoms with Gasteiger partial charge in [0.25, 0.3) is 5.56 Å². The van der Waals surface area contributed by atoms with E-state index in [9.17, 15) is 14.7 Å². The van der Waals surface area contributed by atoms with Crippen molar-refractivity contribution in [1.82, 2.24) is 14.5 Å². The molecule has 33 heavy (non-hydrogen) atoms. The number of furan rings is 1. The van der Waals surface area contributed by atoms with Crippen LogP contribution in [0.5, 0.6) is 5.75 Å². The molecule has 8 nitrogen and oxygen atoms in total. The van der Waals surface area contributed by atoms with Gasteiger partial charge in [0.05, 0.1) is 36.9 Å². The predicted octanol–water partition coefficient (Wildman–Crippen LogP) is 3.26. The SMILES string of the molecule is CCOC(=O)C1CCN([C@H](c2cccnc2)c2c(O)cc(C)n(Cc3ccco3)c2=O)CC1. The van der Waals surface area contributed by atoms with E-state index in [1.165, 1.54) is 0 Å². The summed E-state index contributed by atoms with van der Waals surface area (Å²) in [7, 11) is 0. The van der Waals surface area contributed by atoms with Crippen LogP contribution >= 0.6 is 0 Å². The van der Waals surface area contributed by atoms with E-state index < -0.39 is 6.04 Å². The number of aryl methyl sites for hydroxylation is 1. The van der Waals surface area contributed by atoms with Gasteiger partial charge in [-0.1, -0.05) is 6.07 Å². The smallest absolute Gasteiger partial charge is 0.309 e. The number of aromatic nitrogens is 2. The Morgan fingerprint density at radius 1 is 1.30 bits per heavy atom. The van der Waals surface area contributed by atoms with Gasteiger partial charge in [0.15, 0.2) is 0 Å². The molecule has 4 heterocycles. The van der Waals surface area contributed by atoms with Gasteiger partial charge in [-0.05, 0) is 69.6 Å². The molecule has 0 bridgehead atoms. The highest BCUT2D eigenvalue weighted by atomic mass is 16.5. The van der Waals surface area contributed by atoms with Gasteiger partial charge in [0.1, 0.15) is 11.5 Å². The summed E-state index contributed by atoms with van der Waals surface area (Å²) in [4.78, 5) is 32.3. The van der Waals surface area contributed by atoms with Crippen LogP contribution < -0.4 is 5.56 Å². The van der Waals surface area contributed by atoms with Crippen molar-refractivity contribution >= 4 is 5.97 Å². The standard InChI is InChI=1S/C25H29N3O5/c1-3-32-25(31)18-8-11-27(12-9-18)23(19-6-4-10-26-15-19)22-21(29)14-17(2)28(24(22)30)16-20-7-5-13-33-20/h4-7,10,13-15,18,23,29H,3,8-9,11-12,16H2,1-2H3/t23-/m1/s1. The van der Waals surface area contributed by atoms with E-state index in [-0.39, 0.29) is 29.7 Å². The minimum absolute atomic E-state index is 0.0467. The molecule has 3 aromatic rings. The average molecular weight is 452 g/mol. The maximum atomic E-state index is 13.7. The molecule has 174 valence electrons. The van der Waals surface area contributed by atoms with Crippen LogP contribution in [0, 0.1) is 12.8 Å². The Morgan fingerprint density at radius 3 is 2.73 bits per heavy atom. The number of hydrogen-bond donors (Lipinski definition) is 1. The molecule has 3 aromatic heterocycles. The highest BCUT2D eigenvalue weighted by molar-refractivity contribution is 5.72. The van der Waals surface area contributed by atoms with Crippen molar-refractivity contribution in [3.05, 3.63) is 81.9 Å². The maximum Gasteiger partial charge on any atom is 0.309 e. The third-order valence-corrected chi connectivity index (χ3v) is 6.21. The van der Waals surface area contributed by atoms with Crippen molar-refractivity contribution in [3.8, 4) is 5.75 Å². The van der Waals surface area contributed by atoms with Crippen molar-refractivity contribution < 1.29 is 19.1 Å². The molecule has 0 radical (unpaired) electrons. The number of esters is 1. The maximum absolute atomic E-state index is 13.7. The summed E-state index contributed by atoms with van der Waals surface area (Å²) in [6.45, 7) is 5.42. The Kier molecular flexibility index (Phi) is 6.93. The highest BCUT2D eigenvalue weighted by Gasteiger charge is 2.34. The zero-order chi connectivity index (χ0) is 23.4. The van der Waals surface area contributed by atoms with Gasteiger partial charge in [-0.15, -0.1) is 0 Å². The number of nitrogens with zero attached hydrogens (tertiary/aromatic N) is 3. The fourth-order valence-corrected chi connectivity index (χ4v) is 4.53. The number of piperidine rings is 1. The molecule has 0 saturated carbocycles. The van der Waals surface area contributed by atoms with E-state index in [1.54, 1.807) is 49.2 Å². The molecule has 8 heteroatoms. The highest BCUT2D eigenvalue weighted by Crippen LogP contribution is 2.35. The lowest BCUT2D eigenvalue weighted by molar-refractivity contribution is -0.149. The second-order valence-electron chi connectivity index (χ2n) is 8.31. The van der Waals surface area contributed by atoms with Gasteiger partial charge in [0, 0.05) is 18.1 Å². The molecular weight excluding hydrogens is 422 g/mol. The molecule has 0 spiro atoms. The molecule has 4 rings (SSSR count). The number of aromatic hydroxyl groups is 1. The first-order valence-corrected chi connectivity index (χ1v) is 11.3. The lowest BCUT2D eigenvalue weighted by atomic mass is 9.91. The summed E-state index contributed by atoms with van der Waals surface area (Å²) in [5.74, 6) is 0.284. The molecule has 0 amide bonds. The van der Waals surface area contributed by atoms with Crippen molar-refractivity contribution in [2.75, 3.05) is 19.7 Å². The number of likely N-dealkylation sites (tertiary alicyclic amines) is 1. The van der Waals surface area contributed by atoms with Crippen LogP contribution in [0.2, 0.25) is 0 Å². The van der Waals surface area contributed by atoms with Crippen molar-refractivity contribution in [1.29, 1.82) is 0 Å². The van der Waals surface area contributed by atoms with E-state index in [0.29, 0.717) is 49.6 Å². The number of pyridine rings is 2. The Morgan fingerprint density at radius 2 is 2.09 bits per heavy atom. The summed E-state index contributed by atoms with van der Waals surface area (Å²) in [5, 5.41) is 10.9. The van der Waals surface area contributed by atoms with Crippen LogP contribution in [-0.2, 0) is 16.1 Å². The molecule has 1 atom stereocenters. The summed E-state index contributed by atoms with van der Waals surface area (Å²) in [6, 6.07) is 8.46. The molecule has 1 fully saturated rings. The van der Waals surface area contributed by atoms with Gasteiger partial charge in [-0.3, -0.25) is 19.5 Å². The average Bonchev–Trinajstić information content (AvgIpc) is 3.34. The van der Waals surface area contributed by atoms with Gasteiger partial charge in [0.2, 0.25) is 0 Å². The quantitative estimate of drug-likeness (QED) is 0.551. The molecule has 0 aromatic carbocycles. The lowest BCUT2D eigenvalue weighted by Crippen LogP contribution is -2.42. The minimum Gasteiger partial charge on any atom is -0.507 e. The Bertz CT molecular complexity index is 1130. The first-order valence-electron chi connectivity index (χ1n) is 11.3. The lowest BCUT2D eigenvalue weighted by Gasteiger charge is -2.37. The van der Waals surface area contributed by atoms with E-state index in [0.717, 1.165) is 5.56 Å². The Hall–Kier alpha value is -3.39. The van der Waals surface area contributed by atoms with Crippen molar-refractivity contribution in [2.45, 2.75) is 39.3 Å².